The van der Waals surface area contributed by atoms with Crippen LogP contribution >= 0.6 is 0 Å². The minimum atomic E-state index is -4.23. The summed E-state index contributed by atoms with van der Waals surface area (Å²) in [7, 11) is 0. The highest BCUT2D eigenvalue weighted by atomic mass is 19.4. The number of rotatable bonds is 6. The molecule has 1 rings (SSSR count). The summed E-state index contributed by atoms with van der Waals surface area (Å²) < 4.78 is 42.6. The Bertz CT molecular complexity index is 227. The van der Waals surface area contributed by atoms with Crippen LogP contribution in [0.4, 0.5) is 13.2 Å². The highest BCUT2D eigenvalue weighted by molar-refractivity contribution is 5.08. The van der Waals surface area contributed by atoms with Crippen molar-refractivity contribution in [2.75, 3.05) is 13.2 Å². The average Bonchev–Trinajstić information content (AvgIpc) is 2.91. The van der Waals surface area contributed by atoms with Crippen LogP contribution in [0.25, 0.3) is 0 Å². The number of hydrogen-bond acceptors (Lipinski definition) is 3. The van der Waals surface area contributed by atoms with E-state index in [0.29, 0.717) is 0 Å². The molecule has 0 spiro atoms. The number of hydrogen-bond donors (Lipinski definition) is 2. The summed E-state index contributed by atoms with van der Waals surface area (Å²) in [6.45, 7) is 3.57. The molecule has 0 aromatic rings. The van der Waals surface area contributed by atoms with Gasteiger partial charge in [-0.3, -0.25) is 0 Å². The van der Waals surface area contributed by atoms with Crippen molar-refractivity contribution in [1.82, 2.24) is 5.32 Å². The monoisotopic (exact) mass is 241 g/mol. The predicted molar refractivity (Wildman–Crippen MR) is 53.1 cm³/mol. The molecule has 1 fully saturated rings. The van der Waals surface area contributed by atoms with Gasteiger partial charge in [-0.2, -0.15) is 13.2 Å². The highest BCUT2D eigenvalue weighted by Gasteiger charge is 2.63. The summed E-state index contributed by atoms with van der Waals surface area (Å²) >= 11 is 0. The van der Waals surface area contributed by atoms with E-state index in [-0.39, 0.29) is 32.1 Å². The van der Waals surface area contributed by atoms with Crippen molar-refractivity contribution >= 4 is 0 Å². The zero-order valence-electron chi connectivity index (χ0n) is 9.47. The Morgan fingerprint density at radius 3 is 2.31 bits per heavy atom. The van der Waals surface area contributed by atoms with Gasteiger partial charge < -0.3 is 15.2 Å². The summed E-state index contributed by atoms with van der Waals surface area (Å²) in [5.74, 6) is 0. The van der Waals surface area contributed by atoms with Gasteiger partial charge in [-0.15, -0.1) is 0 Å². The number of halogens is 3. The number of aliphatic hydroxyl groups excluding tert-OH is 1. The first-order chi connectivity index (χ1) is 7.27. The van der Waals surface area contributed by atoms with Gasteiger partial charge in [0.25, 0.3) is 0 Å². The van der Waals surface area contributed by atoms with Gasteiger partial charge in [0.2, 0.25) is 0 Å². The van der Waals surface area contributed by atoms with Crippen molar-refractivity contribution in [3.8, 4) is 0 Å². The summed E-state index contributed by atoms with van der Waals surface area (Å²) in [5, 5.41) is 11.8. The van der Waals surface area contributed by atoms with Crippen molar-refractivity contribution < 1.29 is 23.0 Å². The van der Waals surface area contributed by atoms with Crippen molar-refractivity contribution in [2.45, 2.75) is 50.6 Å². The second-order valence-electron chi connectivity index (χ2n) is 4.50. The summed E-state index contributed by atoms with van der Waals surface area (Å²) in [5.41, 5.74) is -1.76. The van der Waals surface area contributed by atoms with Crippen LogP contribution in [0.15, 0.2) is 0 Å². The fourth-order valence-corrected chi connectivity index (χ4v) is 1.36. The van der Waals surface area contributed by atoms with Gasteiger partial charge in [0.05, 0.1) is 18.8 Å². The maximum atomic E-state index is 12.5. The number of alkyl halides is 3. The largest absolute Gasteiger partial charge is 0.406 e. The molecule has 0 amide bonds. The first-order valence-corrected chi connectivity index (χ1v) is 5.38. The van der Waals surface area contributed by atoms with Crippen LogP contribution in [-0.4, -0.2) is 42.2 Å². The zero-order valence-corrected chi connectivity index (χ0v) is 9.47. The van der Waals surface area contributed by atoms with Crippen LogP contribution in [0.1, 0.15) is 26.7 Å². The molecule has 0 bridgehead atoms. The fourth-order valence-electron chi connectivity index (χ4n) is 1.36. The summed E-state index contributed by atoms with van der Waals surface area (Å²) in [6, 6.07) is 0. The third kappa shape index (κ3) is 3.61. The van der Waals surface area contributed by atoms with Gasteiger partial charge in [-0.1, -0.05) is 0 Å². The Morgan fingerprint density at radius 1 is 1.38 bits per heavy atom. The molecule has 1 aliphatic rings. The molecule has 0 saturated heterocycles. The highest BCUT2D eigenvalue weighted by Crippen LogP contribution is 2.48. The molecule has 1 aliphatic carbocycles. The Kier molecular flexibility index (Phi) is 4.20. The SMILES string of the molecule is CC(C)OCC(O)CNC1(C(F)(F)F)CC1. The lowest BCUT2D eigenvalue weighted by Gasteiger charge is -2.22. The second-order valence-corrected chi connectivity index (χ2v) is 4.50. The van der Waals surface area contributed by atoms with Crippen molar-refractivity contribution in [3.05, 3.63) is 0 Å². The van der Waals surface area contributed by atoms with Gasteiger partial charge in [0, 0.05) is 6.54 Å². The smallest absolute Gasteiger partial charge is 0.389 e. The zero-order chi connectivity index (χ0) is 12.4. The van der Waals surface area contributed by atoms with Crippen LogP contribution in [0.2, 0.25) is 0 Å². The van der Waals surface area contributed by atoms with E-state index in [4.69, 9.17) is 4.74 Å². The minimum absolute atomic E-state index is 0.0350. The normalized spacial score (nSPS) is 21.2. The van der Waals surface area contributed by atoms with E-state index in [2.05, 4.69) is 5.32 Å². The van der Waals surface area contributed by atoms with E-state index in [1.54, 1.807) is 13.8 Å². The number of ether oxygens (including phenoxy) is 1. The summed E-state index contributed by atoms with van der Waals surface area (Å²) in [4.78, 5) is 0. The predicted octanol–water partition coefficient (Wildman–Crippen LogP) is 1.46. The van der Waals surface area contributed by atoms with Crippen molar-refractivity contribution in [1.29, 1.82) is 0 Å². The fraction of sp³-hybridized carbons (Fsp3) is 1.00. The first kappa shape index (κ1) is 13.7. The van der Waals surface area contributed by atoms with Gasteiger partial charge in [0.15, 0.2) is 0 Å². The van der Waals surface area contributed by atoms with E-state index in [1.165, 1.54) is 0 Å². The van der Waals surface area contributed by atoms with Crippen LogP contribution < -0.4 is 5.32 Å². The summed E-state index contributed by atoms with van der Waals surface area (Å²) in [6.07, 6.45) is -4.98. The number of nitrogens with one attached hydrogen (secondary N) is 1. The number of aliphatic hydroxyl groups is 1. The Hall–Kier alpha value is -0.330. The van der Waals surface area contributed by atoms with E-state index in [9.17, 15) is 18.3 Å². The lowest BCUT2D eigenvalue weighted by molar-refractivity contribution is -0.167. The molecular weight excluding hydrogens is 223 g/mol. The maximum Gasteiger partial charge on any atom is 0.406 e. The molecule has 0 aliphatic heterocycles. The quantitative estimate of drug-likeness (QED) is 0.739. The van der Waals surface area contributed by atoms with Crippen LogP contribution in [-0.2, 0) is 4.74 Å². The van der Waals surface area contributed by atoms with E-state index in [1.807, 2.05) is 0 Å². The maximum absolute atomic E-state index is 12.5. The van der Waals surface area contributed by atoms with Crippen molar-refractivity contribution in [3.63, 3.8) is 0 Å². The molecule has 0 aromatic carbocycles. The van der Waals surface area contributed by atoms with Gasteiger partial charge in [0.1, 0.15) is 5.54 Å². The number of β-amino-alcohol motifs (C(OH)–C–C–N with tert-alkyl or cyclic N) is 1. The van der Waals surface area contributed by atoms with E-state index < -0.39 is 17.8 Å². The van der Waals surface area contributed by atoms with Crippen LogP contribution in [0, 0.1) is 0 Å². The van der Waals surface area contributed by atoms with Crippen LogP contribution in [0.5, 0.6) is 0 Å². The van der Waals surface area contributed by atoms with Gasteiger partial charge in [-0.25, -0.2) is 0 Å². The second kappa shape index (κ2) is 4.89. The Morgan fingerprint density at radius 2 is 1.94 bits per heavy atom. The van der Waals surface area contributed by atoms with E-state index in [0.717, 1.165) is 0 Å². The van der Waals surface area contributed by atoms with E-state index >= 15 is 0 Å². The average molecular weight is 241 g/mol. The molecule has 1 unspecified atom stereocenters. The molecule has 3 nitrogen and oxygen atoms in total. The topological polar surface area (TPSA) is 41.5 Å². The van der Waals surface area contributed by atoms with Gasteiger partial charge >= 0.3 is 6.18 Å². The molecule has 16 heavy (non-hydrogen) atoms. The standard InChI is InChI=1S/C10H18F3NO2/c1-7(2)16-6-8(15)5-14-9(3-4-9)10(11,12)13/h7-8,14-15H,3-6H2,1-2H3. The molecular formula is C10H18F3NO2. The molecule has 0 radical (unpaired) electrons. The third-order valence-electron chi connectivity index (χ3n) is 2.59. The third-order valence-corrected chi connectivity index (χ3v) is 2.59. The lowest BCUT2D eigenvalue weighted by atomic mass is 10.2. The first-order valence-electron chi connectivity index (χ1n) is 5.38. The molecule has 1 saturated carbocycles. The Balaban J connectivity index is 2.24. The van der Waals surface area contributed by atoms with Gasteiger partial charge in [-0.05, 0) is 26.7 Å². The minimum Gasteiger partial charge on any atom is -0.389 e. The molecule has 0 heterocycles. The molecule has 0 aromatic heterocycles. The molecule has 6 heteroatoms. The molecule has 96 valence electrons. The molecule has 2 N–H and O–H groups in total. The molecule has 1 atom stereocenters. The lowest BCUT2D eigenvalue weighted by Crippen LogP contribution is -2.48. The van der Waals surface area contributed by atoms with Crippen LogP contribution in [0.3, 0.4) is 0 Å². The Labute approximate surface area is 93.0 Å². The van der Waals surface area contributed by atoms with Crippen molar-refractivity contribution in [2.24, 2.45) is 0 Å².